The Kier molecular flexibility index (Phi) is 3.92. The van der Waals surface area contributed by atoms with Crippen LogP contribution in [0.3, 0.4) is 0 Å². The summed E-state index contributed by atoms with van der Waals surface area (Å²) in [5.41, 5.74) is 1.79. The van der Waals surface area contributed by atoms with Gasteiger partial charge < -0.3 is 9.73 Å². The molecule has 0 aliphatic carbocycles. The number of nitrogens with one attached hydrogen (secondary N) is 1. The summed E-state index contributed by atoms with van der Waals surface area (Å²) in [5, 5.41) is 7.58. The minimum atomic E-state index is 0.464. The number of benzene rings is 1. The van der Waals surface area contributed by atoms with E-state index in [2.05, 4.69) is 46.1 Å². The molecular formula is C15H15BrN2OS. The van der Waals surface area contributed by atoms with E-state index in [1.54, 1.807) is 11.3 Å². The lowest BCUT2D eigenvalue weighted by Crippen LogP contribution is -2.21. The van der Waals surface area contributed by atoms with Crippen LogP contribution in [0.4, 0.5) is 0 Å². The van der Waals surface area contributed by atoms with Gasteiger partial charge in [-0.05, 0) is 24.3 Å². The number of aromatic nitrogens is 1. The fourth-order valence-corrected chi connectivity index (χ4v) is 3.05. The van der Waals surface area contributed by atoms with Crippen molar-refractivity contribution < 1.29 is 4.42 Å². The third-order valence-electron chi connectivity index (χ3n) is 2.94. The Bertz CT molecular complexity index is 732. The molecule has 0 saturated heterocycles. The highest BCUT2D eigenvalue weighted by Gasteiger charge is 2.10. The van der Waals surface area contributed by atoms with Crippen molar-refractivity contribution in [3.63, 3.8) is 0 Å². The summed E-state index contributed by atoms with van der Waals surface area (Å²) in [4.78, 5) is 4.62. The van der Waals surface area contributed by atoms with Crippen LogP contribution in [0, 0.1) is 0 Å². The Labute approximate surface area is 130 Å². The molecule has 5 heteroatoms. The molecular weight excluding hydrogens is 336 g/mol. The van der Waals surface area contributed by atoms with Gasteiger partial charge in [0.05, 0.1) is 0 Å². The van der Waals surface area contributed by atoms with E-state index in [4.69, 9.17) is 4.42 Å². The van der Waals surface area contributed by atoms with Crippen molar-refractivity contribution in [1.82, 2.24) is 10.3 Å². The van der Waals surface area contributed by atoms with E-state index in [9.17, 15) is 0 Å². The highest BCUT2D eigenvalue weighted by atomic mass is 79.9. The van der Waals surface area contributed by atoms with Crippen LogP contribution in [0.1, 0.15) is 18.9 Å². The smallest absolute Gasteiger partial charge is 0.154 e. The molecule has 1 aromatic carbocycles. The fourth-order valence-electron chi connectivity index (χ4n) is 1.94. The molecule has 0 unspecified atom stereocenters. The average molecular weight is 351 g/mol. The third kappa shape index (κ3) is 2.95. The van der Waals surface area contributed by atoms with Gasteiger partial charge in [-0.2, -0.15) is 0 Å². The van der Waals surface area contributed by atoms with Crippen LogP contribution in [-0.2, 0) is 6.54 Å². The molecule has 0 saturated carbocycles. The number of hydrogen-bond donors (Lipinski definition) is 1. The van der Waals surface area contributed by atoms with Gasteiger partial charge in [0.2, 0.25) is 0 Å². The molecule has 0 spiro atoms. The third-order valence-corrected chi connectivity index (χ3v) is 4.29. The van der Waals surface area contributed by atoms with E-state index >= 15 is 0 Å². The van der Waals surface area contributed by atoms with Crippen molar-refractivity contribution in [1.29, 1.82) is 0 Å². The average Bonchev–Trinajstić information content (AvgIpc) is 3.01. The zero-order valence-electron chi connectivity index (χ0n) is 11.3. The van der Waals surface area contributed by atoms with E-state index in [0.29, 0.717) is 6.04 Å². The monoisotopic (exact) mass is 350 g/mol. The molecule has 3 aromatic rings. The zero-order valence-corrected chi connectivity index (χ0v) is 13.7. The van der Waals surface area contributed by atoms with Crippen LogP contribution in [0.2, 0.25) is 0 Å². The van der Waals surface area contributed by atoms with E-state index in [-0.39, 0.29) is 0 Å². The van der Waals surface area contributed by atoms with Crippen molar-refractivity contribution in [3.05, 3.63) is 39.1 Å². The summed E-state index contributed by atoms with van der Waals surface area (Å²) in [7, 11) is 0. The maximum Gasteiger partial charge on any atom is 0.154 e. The van der Waals surface area contributed by atoms with Crippen molar-refractivity contribution in [2.75, 3.05) is 0 Å². The van der Waals surface area contributed by atoms with Gasteiger partial charge in [0.1, 0.15) is 16.3 Å². The summed E-state index contributed by atoms with van der Waals surface area (Å²) in [5.74, 6) is 0.824. The molecule has 0 fully saturated rings. The Morgan fingerprint density at radius 3 is 3.00 bits per heavy atom. The molecule has 0 aliphatic rings. The molecule has 1 N–H and O–H groups in total. The summed E-state index contributed by atoms with van der Waals surface area (Å²) >= 11 is 5.13. The minimum Gasteiger partial charge on any atom is -0.454 e. The molecule has 3 nitrogen and oxygen atoms in total. The topological polar surface area (TPSA) is 38.1 Å². The van der Waals surface area contributed by atoms with Crippen LogP contribution in [0.5, 0.6) is 0 Å². The van der Waals surface area contributed by atoms with E-state index in [1.807, 2.05) is 23.6 Å². The Morgan fingerprint density at radius 2 is 2.20 bits per heavy atom. The maximum atomic E-state index is 5.85. The molecule has 0 atom stereocenters. The van der Waals surface area contributed by atoms with Gasteiger partial charge in [-0.25, -0.2) is 4.98 Å². The summed E-state index contributed by atoms with van der Waals surface area (Å²) < 4.78 is 6.90. The number of nitrogens with zero attached hydrogens (tertiary/aromatic N) is 1. The van der Waals surface area contributed by atoms with Gasteiger partial charge in [0.25, 0.3) is 0 Å². The highest BCUT2D eigenvalue weighted by Crippen LogP contribution is 2.30. The predicted molar refractivity (Wildman–Crippen MR) is 87.0 cm³/mol. The Hall–Kier alpha value is -1.17. The first-order valence-corrected chi connectivity index (χ1v) is 8.16. The highest BCUT2D eigenvalue weighted by molar-refractivity contribution is 9.10. The molecule has 104 valence electrons. The molecule has 20 heavy (non-hydrogen) atoms. The fraction of sp³-hybridized carbons (Fsp3) is 0.267. The van der Waals surface area contributed by atoms with Crippen LogP contribution >= 0.6 is 27.3 Å². The van der Waals surface area contributed by atoms with Gasteiger partial charge in [0, 0.05) is 27.8 Å². The number of fused-ring (bicyclic) bond motifs is 1. The summed E-state index contributed by atoms with van der Waals surface area (Å²) in [6.45, 7) is 5.06. The molecule has 3 rings (SSSR count). The van der Waals surface area contributed by atoms with Crippen LogP contribution in [0.15, 0.2) is 38.5 Å². The summed E-state index contributed by atoms with van der Waals surface area (Å²) in [6.07, 6.45) is 0. The van der Waals surface area contributed by atoms with Gasteiger partial charge >= 0.3 is 0 Å². The van der Waals surface area contributed by atoms with Gasteiger partial charge in [-0.1, -0.05) is 29.8 Å². The first kappa shape index (κ1) is 13.8. The van der Waals surface area contributed by atoms with Crippen molar-refractivity contribution in [3.8, 4) is 11.5 Å². The van der Waals surface area contributed by atoms with Crippen LogP contribution in [0.25, 0.3) is 22.4 Å². The molecule has 2 heterocycles. The second-order valence-electron chi connectivity index (χ2n) is 4.95. The zero-order chi connectivity index (χ0) is 14.1. The largest absolute Gasteiger partial charge is 0.454 e. The number of rotatable bonds is 4. The first-order valence-electron chi connectivity index (χ1n) is 6.49. The quantitative estimate of drug-likeness (QED) is 0.733. The minimum absolute atomic E-state index is 0.464. The van der Waals surface area contributed by atoms with Gasteiger partial charge in [-0.15, -0.1) is 11.3 Å². The van der Waals surface area contributed by atoms with E-state index < -0.39 is 0 Å². The number of hydrogen-bond acceptors (Lipinski definition) is 4. The van der Waals surface area contributed by atoms with E-state index in [0.717, 1.165) is 38.4 Å². The van der Waals surface area contributed by atoms with Crippen molar-refractivity contribution in [2.45, 2.75) is 26.4 Å². The first-order chi connectivity index (χ1) is 9.61. The molecule has 0 bridgehead atoms. The normalized spacial score (nSPS) is 11.6. The lowest BCUT2D eigenvalue weighted by molar-refractivity contribution is 0.586. The predicted octanol–water partition coefficient (Wildman–Crippen LogP) is 4.82. The summed E-state index contributed by atoms with van der Waals surface area (Å²) in [6, 6.07) is 8.50. The number of furan rings is 1. The molecule has 2 aromatic heterocycles. The molecule has 0 amide bonds. The standard InChI is InChI=1S/C15H15BrN2OS/c1-9(2)17-7-15-18-12(8-20-15)14-6-10-5-11(16)3-4-13(10)19-14/h3-6,8-9,17H,7H2,1-2H3. The second kappa shape index (κ2) is 5.68. The van der Waals surface area contributed by atoms with E-state index in [1.165, 1.54) is 0 Å². The SMILES string of the molecule is CC(C)NCc1nc(-c2cc3cc(Br)ccc3o2)cs1. The lowest BCUT2D eigenvalue weighted by atomic mass is 10.2. The number of thiazole rings is 1. The molecule has 0 radical (unpaired) electrons. The number of halogens is 1. The van der Waals surface area contributed by atoms with Gasteiger partial charge in [0.15, 0.2) is 5.76 Å². The van der Waals surface area contributed by atoms with Crippen LogP contribution < -0.4 is 5.32 Å². The lowest BCUT2D eigenvalue weighted by Gasteiger charge is -2.04. The van der Waals surface area contributed by atoms with Crippen LogP contribution in [-0.4, -0.2) is 11.0 Å². The maximum absolute atomic E-state index is 5.85. The van der Waals surface area contributed by atoms with Gasteiger partial charge in [-0.3, -0.25) is 0 Å². The second-order valence-corrected chi connectivity index (χ2v) is 6.81. The van der Waals surface area contributed by atoms with Crippen molar-refractivity contribution >= 4 is 38.2 Å². The molecule has 0 aliphatic heterocycles. The Morgan fingerprint density at radius 1 is 1.35 bits per heavy atom. The Balaban J connectivity index is 1.87. The van der Waals surface area contributed by atoms with Crippen molar-refractivity contribution in [2.24, 2.45) is 0 Å².